The van der Waals surface area contributed by atoms with Gasteiger partial charge in [0.05, 0.1) is 5.69 Å². The van der Waals surface area contributed by atoms with E-state index in [0.29, 0.717) is 5.69 Å². The number of aromatic nitrogens is 1. The SMILES string of the molecule is O=C1NC(=O)N(c2cccc(F)c2)C(=O)/C1=C\c1cccn1-c1ccc(Br)cc1. The number of imide groups is 2. The van der Waals surface area contributed by atoms with Crippen LogP contribution in [0.5, 0.6) is 0 Å². The predicted octanol–water partition coefficient (Wildman–Crippen LogP) is 4.05. The van der Waals surface area contributed by atoms with Crippen LogP contribution in [-0.2, 0) is 9.59 Å². The molecule has 3 aromatic rings. The van der Waals surface area contributed by atoms with Gasteiger partial charge in [-0.05, 0) is 60.7 Å². The molecule has 2 heterocycles. The summed E-state index contributed by atoms with van der Waals surface area (Å²) in [7, 11) is 0. The normalized spacial score (nSPS) is 15.7. The van der Waals surface area contributed by atoms with Crippen molar-refractivity contribution in [1.29, 1.82) is 0 Å². The molecule has 4 amide bonds. The van der Waals surface area contributed by atoms with Crippen LogP contribution >= 0.6 is 15.9 Å². The lowest BCUT2D eigenvalue weighted by atomic mass is 10.1. The Hall–Kier alpha value is -3.52. The second kappa shape index (κ2) is 7.48. The number of urea groups is 1. The van der Waals surface area contributed by atoms with Crippen molar-refractivity contribution in [2.24, 2.45) is 0 Å². The highest BCUT2D eigenvalue weighted by Crippen LogP contribution is 2.24. The predicted molar refractivity (Wildman–Crippen MR) is 109 cm³/mol. The van der Waals surface area contributed by atoms with E-state index in [9.17, 15) is 18.8 Å². The van der Waals surface area contributed by atoms with Crippen molar-refractivity contribution in [2.45, 2.75) is 0 Å². The van der Waals surface area contributed by atoms with Crippen LogP contribution in [0.25, 0.3) is 11.8 Å². The number of hydrogen-bond donors (Lipinski definition) is 1. The fourth-order valence-corrected chi connectivity index (χ4v) is 3.27. The van der Waals surface area contributed by atoms with Gasteiger partial charge in [-0.25, -0.2) is 14.1 Å². The second-order valence-electron chi connectivity index (χ2n) is 6.22. The number of halogens is 2. The van der Waals surface area contributed by atoms with Gasteiger partial charge in [0.25, 0.3) is 11.8 Å². The summed E-state index contributed by atoms with van der Waals surface area (Å²) in [6.07, 6.45) is 3.19. The third-order valence-electron chi connectivity index (χ3n) is 4.35. The molecule has 0 unspecified atom stereocenters. The second-order valence-corrected chi connectivity index (χ2v) is 7.13. The third kappa shape index (κ3) is 3.62. The average molecular weight is 454 g/mol. The number of nitrogens with zero attached hydrogens (tertiary/aromatic N) is 2. The molecule has 0 aliphatic carbocycles. The van der Waals surface area contributed by atoms with Crippen molar-refractivity contribution in [3.05, 3.63) is 88.4 Å². The molecule has 0 atom stereocenters. The van der Waals surface area contributed by atoms with Gasteiger partial charge in [-0.1, -0.05) is 22.0 Å². The molecule has 0 bridgehead atoms. The van der Waals surface area contributed by atoms with E-state index in [4.69, 9.17) is 0 Å². The van der Waals surface area contributed by atoms with Gasteiger partial charge in [-0.3, -0.25) is 14.9 Å². The molecule has 4 rings (SSSR count). The monoisotopic (exact) mass is 453 g/mol. The molecule has 1 saturated heterocycles. The van der Waals surface area contributed by atoms with E-state index < -0.39 is 23.7 Å². The average Bonchev–Trinajstić information content (AvgIpc) is 3.14. The molecule has 1 aromatic heterocycles. The van der Waals surface area contributed by atoms with Gasteiger partial charge in [-0.2, -0.15) is 0 Å². The van der Waals surface area contributed by atoms with Crippen molar-refractivity contribution in [3.8, 4) is 5.69 Å². The van der Waals surface area contributed by atoms with E-state index in [0.717, 1.165) is 21.1 Å². The van der Waals surface area contributed by atoms with Gasteiger partial charge in [0.2, 0.25) is 0 Å². The van der Waals surface area contributed by atoms with Crippen molar-refractivity contribution >= 4 is 45.5 Å². The number of carbonyl (C=O) groups is 3. The molecule has 144 valence electrons. The summed E-state index contributed by atoms with van der Waals surface area (Å²) in [6.45, 7) is 0. The van der Waals surface area contributed by atoms with Crippen LogP contribution in [0.2, 0.25) is 0 Å². The molecule has 0 radical (unpaired) electrons. The minimum absolute atomic E-state index is 0.0363. The molecule has 0 saturated carbocycles. The first-order valence-electron chi connectivity index (χ1n) is 8.54. The number of anilines is 1. The standard InChI is InChI=1S/C21H13BrFN3O3/c22-13-6-8-15(9-7-13)25-10-2-5-16(25)12-18-19(27)24-21(29)26(20(18)28)17-4-1-3-14(23)11-17/h1-12H,(H,24,27,29)/b18-12-. The highest BCUT2D eigenvalue weighted by atomic mass is 79.9. The summed E-state index contributed by atoms with van der Waals surface area (Å²) in [5.74, 6) is -2.24. The Morgan fingerprint density at radius 1 is 0.931 bits per heavy atom. The van der Waals surface area contributed by atoms with E-state index in [-0.39, 0.29) is 11.3 Å². The number of hydrogen-bond acceptors (Lipinski definition) is 3. The molecule has 6 nitrogen and oxygen atoms in total. The Labute approximate surface area is 173 Å². The summed E-state index contributed by atoms with van der Waals surface area (Å²) >= 11 is 3.38. The maximum atomic E-state index is 13.6. The highest BCUT2D eigenvalue weighted by molar-refractivity contribution is 9.10. The number of amides is 4. The van der Waals surface area contributed by atoms with E-state index in [1.807, 2.05) is 24.3 Å². The summed E-state index contributed by atoms with van der Waals surface area (Å²) in [4.78, 5) is 38.2. The number of nitrogens with one attached hydrogen (secondary N) is 1. The van der Waals surface area contributed by atoms with E-state index >= 15 is 0 Å². The molecule has 1 aliphatic rings. The molecular weight excluding hydrogens is 441 g/mol. The first kappa shape index (κ1) is 18.8. The highest BCUT2D eigenvalue weighted by Gasteiger charge is 2.37. The summed E-state index contributed by atoms with van der Waals surface area (Å²) in [5, 5.41) is 2.13. The lowest BCUT2D eigenvalue weighted by molar-refractivity contribution is -0.122. The largest absolute Gasteiger partial charge is 0.335 e. The van der Waals surface area contributed by atoms with Crippen LogP contribution < -0.4 is 10.2 Å². The zero-order valence-corrected chi connectivity index (χ0v) is 16.4. The van der Waals surface area contributed by atoms with Gasteiger partial charge in [0.15, 0.2) is 0 Å². The minimum atomic E-state index is -0.925. The number of carbonyl (C=O) groups excluding carboxylic acids is 3. The van der Waals surface area contributed by atoms with Crippen molar-refractivity contribution in [3.63, 3.8) is 0 Å². The fourth-order valence-electron chi connectivity index (χ4n) is 3.00. The van der Waals surface area contributed by atoms with E-state index in [2.05, 4.69) is 21.2 Å². The maximum absolute atomic E-state index is 13.6. The lowest BCUT2D eigenvalue weighted by Crippen LogP contribution is -2.54. The molecule has 8 heteroatoms. The fraction of sp³-hybridized carbons (Fsp3) is 0. The van der Waals surface area contributed by atoms with Crippen molar-refractivity contribution < 1.29 is 18.8 Å². The zero-order valence-electron chi connectivity index (χ0n) is 14.8. The maximum Gasteiger partial charge on any atom is 0.335 e. The minimum Gasteiger partial charge on any atom is -0.317 e. The first-order chi connectivity index (χ1) is 13.9. The quantitative estimate of drug-likeness (QED) is 0.480. The lowest BCUT2D eigenvalue weighted by Gasteiger charge is -2.26. The van der Waals surface area contributed by atoms with Crippen molar-refractivity contribution in [1.82, 2.24) is 9.88 Å². The Morgan fingerprint density at radius 3 is 2.41 bits per heavy atom. The van der Waals surface area contributed by atoms with Gasteiger partial charge in [-0.15, -0.1) is 0 Å². The number of barbiturate groups is 1. The Kier molecular flexibility index (Phi) is 4.85. The molecule has 0 spiro atoms. The number of rotatable bonds is 3. The smallest absolute Gasteiger partial charge is 0.317 e. The third-order valence-corrected chi connectivity index (χ3v) is 4.87. The Bertz CT molecular complexity index is 1170. The molecule has 2 aromatic carbocycles. The summed E-state index contributed by atoms with van der Waals surface area (Å²) in [5.41, 5.74) is 1.20. The van der Waals surface area contributed by atoms with Crippen LogP contribution in [0.15, 0.2) is 76.9 Å². The zero-order chi connectivity index (χ0) is 20.5. The van der Waals surface area contributed by atoms with Gasteiger partial charge in [0.1, 0.15) is 11.4 Å². The van der Waals surface area contributed by atoms with Gasteiger partial charge in [0, 0.05) is 22.1 Å². The van der Waals surface area contributed by atoms with E-state index in [1.54, 1.807) is 22.9 Å². The molecule has 1 N–H and O–H groups in total. The molecular formula is C21H13BrFN3O3. The molecule has 1 fully saturated rings. The topological polar surface area (TPSA) is 71.4 Å². The summed E-state index contributed by atoms with van der Waals surface area (Å²) in [6, 6.07) is 15.1. The van der Waals surface area contributed by atoms with E-state index in [1.165, 1.54) is 24.3 Å². The van der Waals surface area contributed by atoms with Gasteiger partial charge >= 0.3 is 6.03 Å². The Balaban J connectivity index is 1.75. The first-order valence-corrected chi connectivity index (χ1v) is 9.33. The summed E-state index contributed by atoms with van der Waals surface area (Å²) < 4.78 is 16.3. The van der Waals surface area contributed by atoms with Crippen LogP contribution in [0.3, 0.4) is 0 Å². The van der Waals surface area contributed by atoms with Crippen LogP contribution in [0, 0.1) is 5.82 Å². The molecule has 1 aliphatic heterocycles. The van der Waals surface area contributed by atoms with Crippen LogP contribution in [0.4, 0.5) is 14.9 Å². The van der Waals surface area contributed by atoms with Crippen LogP contribution in [-0.4, -0.2) is 22.4 Å². The Morgan fingerprint density at radius 2 is 1.69 bits per heavy atom. The van der Waals surface area contributed by atoms with Crippen molar-refractivity contribution in [2.75, 3.05) is 4.90 Å². The molecule has 29 heavy (non-hydrogen) atoms. The van der Waals surface area contributed by atoms with Gasteiger partial charge < -0.3 is 4.57 Å². The number of benzene rings is 2. The van der Waals surface area contributed by atoms with Crippen LogP contribution in [0.1, 0.15) is 5.69 Å².